The fourth-order valence-electron chi connectivity index (χ4n) is 4.06. The number of aliphatic hydroxyl groups excluding tert-OH is 1. The van der Waals surface area contributed by atoms with Crippen LogP contribution in [0.4, 0.5) is 0 Å². The molecule has 9 nitrogen and oxygen atoms in total. The van der Waals surface area contributed by atoms with E-state index in [4.69, 9.17) is 13.8 Å². The number of phosphoric ester groups is 1. The molecule has 0 aliphatic rings. The van der Waals surface area contributed by atoms with Gasteiger partial charge in [-0.1, -0.05) is 96.6 Å². The van der Waals surface area contributed by atoms with Gasteiger partial charge < -0.3 is 20.1 Å². The fourth-order valence-corrected chi connectivity index (χ4v) is 4.81. The molecule has 10 heteroatoms. The maximum Gasteiger partial charge on any atom is 0.472 e. The zero-order chi connectivity index (χ0) is 29.7. The van der Waals surface area contributed by atoms with Crippen LogP contribution in [-0.4, -0.2) is 54.3 Å². The minimum Gasteiger partial charge on any atom is -0.463 e. The smallest absolute Gasteiger partial charge is 0.463 e. The van der Waals surface area contributed by atoms with Crippen LogP contribution in [-0.2, 0) is 27.9 Å². The van der Waals surface area contributed by atoms with Crippen LogP contribution in [0.3, 0.4) is 0 Å². The number of nitrogens with one attached hydrogen (secondary N) is 1. The van der Waals surface area contributed by atoms with Crippen LogP contribution in [0, 0.1) is 0 Å². The number of hydrogen-bond donors (Lipinski definition) is 3. The molecular weight excluding hydrogens is 533 g/mol. The second-order valence-electron chi connectivity index (χ2n) is 10.4. The highest BCUT2D eigenvalue weighted by atomic mass is 31.2. The second-order valence-corrected chi connectivity index (χ2v) is 11.9. The summed E-state index contributed by atoms with van der Waals surface area (Å²) in [7, 11) is -4.38. The summed E-state index contributed by atoms with van der Waals surface area (Å²) in [4.78, 5) is 32.8. The number of amides is 1. The molecule has 0 aliphatic heterocycles. The standard InChI is InChI=1S/C30H58NO8P/c1-3-5-6-7-8-9-10-11-12-13-14-15-16-17-18-19-20-21-23-29(33)31-24-25-38-40(35,36)39-27-28(32)26-37-30(34)22-4-2/h12-13,28,32H,3-11,14-27H2,1-2H3,(H,31,33)(H,35,36)/b13-12-. The van der Waals surface area contributed by atoms with Gasteiger partial charge in [-0.15, -0.1) is 0 Å². The second kappa shape index (κ2) is 27.9. The molecule has 1 amide bonds. The molecule has 0 aromatic carbocycles. The van der Waals surface area contributed by atoms with E-state index in [9.17, 15) is 24.2 Å². The lowest BCUT2D eigenvalue weighted by molar-refractivity contribution is -0.147. The summed E-state index contributed by atoms with van der Waals surface area (Å²) in [5.41, 5.74) is 0. The third kappa shape index (κ3) is 28.3. The minimum atomic E-state index is -4.38. The fraction of sp³-hybridized carbons (Fsp3) is 0.867. The Morgan fingerprint density at radius 1 is 0.750 bits per heavy atom. The van der Waals surface area contributed by atoms with E-state index >= 15 is 0 Å². The molecule has 236 valence electrons. The van der Waals surface area contributed by atoms with Crippen LogP contribution in [0.5, 0.6) is 0 Å². The molecule has 0 fully saturated rings. The zero-order valence-corrected chi connectivity index (χ0v) is 26.2. The summed E-state index contributed by atoms with van der Waals surface area (Å²) in [5, 5.41) is 12.3. The van der Waals surface area contributed by atoms with E-state index < -0.39 is 26.5 Å². The number of aliphatic hydroxyl groups is 1. The summed E-state index contributed by atoms with van der Waals surface area (Å²) in [6.07, 6.45) is 24.6. The van der Waals surface area contributed by atoms with Gasteiger partial charge in [-0.25, -0.2) is 4.57 Å². The minimum absolute atomic E-state index is 0.0808. The monoisotopic (exact) mass is 591 g/mol. The van der Waals surface area contributed by atoms with Crippen molar-refractivity contribution in [2.24, 2.45) is 0 Å². The molecule has 0 aromatic heterocycles. The van der Waals surface area contributed by atoms with Crippen molar-refractivity contribution in [2.75, 3.05) is 26.4 Å². The summed E-state index contributed by atoms with van der Waals surface area (Å²) in [6, 6.07) is 0. The molecule has 0 saturated heterocycles. The lowest BCUT2D eigenvalue weighted by Gasteiger charge is -2.15. The molecule has 0 aliphatic carbocycles. The quantitative estimate of drug-likeness (QED) is 0.0362. The summed E-state index contributed by atoms with van der Waals surface area (Å²) >= 11 is 0. The summed E-state index contributed by atoms with van der Waals surface area (Å²) < 4.78 is 26.1. The third-order valence-electron chi connectivity index (χ3n) is 6.42. The first-order valence-corrected chi connectivity index (χ1v) is 17.2. The van der Waals surface area contributed by atoms with Crippen LogP contribution >= 0.6 is 7.82 Å². The molecule has 0 saturated carbocycles. The Morgan fingerprint density at radius 2 is 1.30 bits per heavy atom. The normalized spacial score (nSPS) is 13.8. The van der Waals surface area contributed by atoms with E-state index in [1.54, 1.807) is 0 Å². The Labute approximate surface area is 243 Å². The van der Waals surface area contributed by atoms with Crippen molar-refractivity contribution >= 4 is 19.7 Å². The van der Waals surface area contributed by atoms with Gasteiger partial charge in [0.15, 0.2) is 0 Å². The number of allylic oxidation sites excluding steroid dienone is 2. The van der Waals surface area contributed by atoms with Crippen LogP contribution in [0.25, 0.3) is 0 Å². The topological polar surface area (TPSA) is 131 Å². The number of phosphoric acid groups is 1. The van der Waals surface area contributed by atoms with Crippen molar-refractivity contribution < 1.29 is 37.9 Å². The highest BCUT2D eigenvalue weighted by molar-refractivity contribution is 7.47. The van der Waals surface area contributed by atoms with Crippen molar-refractivity contribution in [3.05, 3.63) is 12.2 Å². The molecule has 0 bridgehead atoms. The van der Waals surface area contributed by atoms with Crippen LogP contribution in [0.1, 0.15) is 136 Å². The largest absolute Gasteiger partial charge is 0.472 e. The number of carbonyl (C=O) groups excluding carboxylic acids is 2. The Bertz CT molecular complexity index is 689. The lowest BCUT2D eigenvalue weighted by atomic mass is 10.1. The molecule has 0 heterocycles. The van der Waals surface area contributed by atoms with E-state index in [1.165, 1.54) is 83.5 Å². The van der Waals surface area contributed by atoms with E-state index in [2.05, 4.69) is 24.4 Å². The van der Waals surface area contributed by atoms with Gasteiger partial charge in [0.1, 0.15) is 12.7 Å². The summed E-state index contributed by atoms with van der Waals surface area (Å²) in [6.45, 7) is 3.12. The highest BCUT2D eigenvalue weighted by Gasteiger charge is 2.23. The number of esters is 1. The molecule has 2 atom stereocenters. The van der Waals surface area contributed by atoms with Crippen molar-refractivity contribution in [3.8, 4) is 0 Å². The number of unbranched alkanes of at least 4 members (excludes halogenated alkanes) is 14. The number of carbonyl (C=O) groups is 2. The maximum absolute atomic E-state index is 11.9. The zero-order valence-electron chi connectivity index (χ0n) is 25.3. The predicted molar refractivity (Wildman–Crippen MR) is 160 cm³/mol. The Hall–Kier alpha value is -1.25. The molecule has 0 radical (unpaired) electrons. The SMILES string of the molecule is CCCCCCCCC/C=C\CCCCCCCCCC(=O)NCCOP(=O)(O)OCC(O)COC(=O)CCC. The van der Waals surface area contributed by atoms with Gasteiger partial charge in [0.2, 0.25) is 5.91 Å². The van der Waals surface area contributed by atoms with E-state index in [0.717, 1.165) is 19.3 Å². The first-order valence-electron chi connectivity index (χ1n) is 15.7. The molecule has 3 N–H and O–H groups in total. The third-order valence-corrected chi connectivity index (χ3v) is 7.40. The average molecular weight is 592 g/mol. The molecule has 40 heavy (non-hydrogen) atoms. The van der Waals surface area contributed by atoms with Crippen molar-refractivity contribution in [1.29, 1.82) is 0 Å². The van der Waals surface area contributed by atoms with Gasteiger partial charge in [-0.3, -0.25) is 18.6 Å². The van der Waals surface area contributed by atoms with Gasteiger partial charge >= 0.3 is 13.8 Å². The van der Waals surface area contributed by atoms with Crippen molar-refractivity contribution in [1.82, 2.24) is 5.32 Å². The van der Waals surface area contributed by atoms with E-state index in [1.807, 2.05) is 6.92 Å². The van der Waals surface area contributed by atoms with E-state index in [-0.39, 0.29) is 32.1 Å². The lowest BCUT2D eigenvalue weighted by Crippen LogP contribution is -2.27. The molecule has 0 rings (SSSR count). The summed E-state index contributed by atoms with van der Waals surface area (Å²) in [5.74, 6) is -0.575. The van der Waals surface area contributed by atoms with Gasteiger partial charge in [0.25, 0.3) is 0 Å². The van der Waals surface area contributed by atoms with Gasteiger partial charge in [0, 0.05) is 19.4 Å². The Balaban J connectivity index is 3.52. The predicted octanol–water partition coefficient (Wildman–Crippen LogP) is 7.15. The number of hydrogen-bond acceptors (Lipinski definition) is 7. The van der Waals surface area contributed by atoms with Crippen molar-refractivity contribution in [2.45, 2.75) is 142 Å². The number of rotatable bonds is 29. The van der Waals surface area contributed by atoms with E-state index in [0.29, 0.717) is 12.8 Å². The first kappa shape index (κ1) is 38.8. The average Bonchev–Trinajstić information content (AvgIpc) is 2.92. The van der Waals surface area contributed by atoms with Crippen molar-refractivity contribution in [3.63, 3.8) is 0 Å². The molecule has 2 unspecified atom stereocenters. The van der Waals surface area contributed by atoms with Gasteiger partial charge in [-0.2, -0.15) is 0 Å². The molecular formula is C30H58NO8P. The van der Waals surface area contributed by atoms with Gasteiger partial charge in [-0.05, 0) is 38.5 Å². The molecule has 0 spiro atoms. The van der Waals surface area contributed by atoms with Crippen LogP contribution in [0.15, 0.2) is 12.2 Å². The molecule has 0 aromatic rings. The Kier molecular flexibility index (Phi) is 27.0. The number of ether oxygens (including phenoxy) is 1. The Morgan fingerprint density at radius 3 is 1.88 bits per heavy atom. The highest BCUT2D eigenvalue weighted by Crippen LogP contribution is 2.42. The van der Waals surface area contributed by atoms with Crippen LogP contribution < -0.4 is 5.32 Å². The van der Waals surface area contributed by atoms with Gasteiger partial charge in [0.05, 0.1) is 13.2 Å². The first-order chi connectivity index (χ1) is 19.3. The van der Waals surface area contributed by atoms with Crippen LogP contribution in [0.2, 0.25) is 0 Å². The maximum atomic E-state index is 11.9.